The number of aromatic nitrogens is 1. The number of benzene rings is 1. The maximum absolute atomic E-state index is 12.2. The topological polar surface area (TPSA) is 54.0 Å². The van der Waals surface area contributed by atoms with E-state index >= 15 is 0 Å². The van der Waals surface area contributed by atoms with Crippen LogP contribution < -0.4 is 10.6 Å². The molecule has 0 aliphatic rings. The molecule has 1 heterocycles. The van der Waals surface area contributed by atoms with E-state index in [2.05, 4.69) is 10.3 Å². The van der Waals surface area contributed by atoms with Gasteiger partial charge in [-0.2, -0.15) is 13.2 Å². The smallest absolute Gasteiger partial charge is 0.318 e. The number of alkyl halides is 3. The van der Waals surface area contributed by atoms with E-state index in [0.717, 1.165) is 22.7 Å². The van der Waals surface area contributed by atoms with E-state index in [1.807, 2.05) is 17.6 Å². The number of carbonyl (C=O) groups excluding carboxylic acids is 1. The van der Waals surface area contributed by atoms with Gasteiger partial charge in [-0.05, 0) is 24.6 Å². The van der Waals surface area contributed by atoms with Crippen molar-refractivity contribution in [1.82, 2.24) is 10.3 Å². The lowest BCUT2D eigenvalue weighted by Gasteiger charge is -2.10. The number of rotatable bonds is 6. The average molecular weight is 343 g/mol. The van der Waals surface area contributed by atoms with Crippen LogP contribution in [0.25, 0.3) is 0 Å². The normalized spacial score (nSPS) is 11.5. The molecule has 0 unspecified atom stereocenters. The number of hydrogen-bond donors (Lipinski definition) is 2. The highest BCUT2D eigenvalue weighted by Crippen LogP contribution is 2.19. The fourth-order valence-electron chi connectivity index (χ4n) is 1.91. The van der Waals surface area contributed by atoms with Crippen LogP contribution in [-0.2, 0) is 17.8 Å². The van der Waals surface area contributed by atoms with Gasteiger partial charge in [-0.1, -0.05) is 12.1 Å². The van der Waals surface area contributed by atoms with E-state index in [-0.39, 0.29) is 5.69 Å². The highest BCUT2D eigenvalue weighted by atomic mass is 32.1. The van der Waals surface area contributed by atoms with E-state index in [4.69, 9.17) is 0 Å². The summed E-state index contributed by atoms with van der Waals surface area (Å²) in [5.41, 5.74) is 1.92. The Kier molecular flexibility index (Phi) is 5.73. The molecule has 0 saturated heterocycles. The van der Waals surface area contributed by atoms with Crippen LogP contribution in [0.1, 0.15) is 16.3 Å². The van der Waals surface area contributed by atoms with E-state index in [0.29, 0.717) is 13.1 Å². The summed E-state index contributed by atoms with van der Waals surface area (Å²) in [7, 11) is 0. The van der Waals surface area contributed by atoms with Crippen molar-refractivity contribution in [3.8, 4) is 0 Å². The number of anilines is 1. The minimum absolute atomic E-state index is 0.127. The van der Waals surface area contributed by atoms with Gasteiger partial charge in [0.25, 0.3) is 0 Å². The number of nitrogens with one attached hydrogen (secondary N) is 2. The van der Waals surface area contributed by atoms with E-state index in [1.165, 1.54) is 12.1 Å². The van der Waals surface area contributed by atoms with Gasteiger partial charge < -0.3 is 10.6 Å². The Bertz CT molecular complexity index is 670. The molecule has 1 aromatic carbocycles. The number of thiazole rings is 1. The molecule has 8 heteroatoms. The van der Waals surface area contributed by atoms with Gasteiger partial charge >= 0.3 is 12.1 Å². The summed E-state index contributed by atoms with van der Waals surface area (Å²) in [4.78, 5) is 15.3. The lowest BCUT2D eigenvalue weighted by atomic mass is 10.2. The second kappa shape index (κ2) is 7.56. The van der Waals surface area contributed by atoms with Crippen molar-refractivity contribution in [2.45, 2.75) is 26.1 Å². The Morgan fingerprint density at radius 1 is 1.35 bits per heavy atom. The minimum Gasteiger partial charge on any atom is -0.318 e. The Morgan fingerprint density at radius 3 is 2.78 bits per heavy atom. The molecule has 0 aliphatic carbocycles. The summed E-state index contributed by atoms with van der Waals surface area (Å²) in [6, 6.07) is 6.33. The Labute approximate surface area is 135 Å². The van der Waals surface area contributed by atoms with Gasteiger partial charge in [-0.3, -0.25) is 4.79 Å². The maximum Gasteiger partial charge on any atom is 0.471 e. The molecular weight excluding hydrogens is 327 g/mol. The highest BCUT2D eigenvalue weighted by Gasteiger charge is 2.38. The lowest BCUT2D eigenvalue weighted by Crippen LogP contribution is -2.30. The highest BCUT2D eigenvalue weighted by molar-refractivity contribution is 7.09. The zero-order chi connectivity index (χ0) is 16.9. The number of amides is 1. The van der Waals surface area contributed by atoms with Crippen LogP contribution in [-0.4, -0.2) is 23.6 Å². The van der Waals surface area contributed by atoms with E-state index in [9.17, 15) is 18.0 Å². The quantitative estimate of drug-likeness (QED) is 0.792. The predicted octanol–water partition coefficient (Wildman–Crippen LogP) is 3.28. The SMILES string of the molecule is Cc1csc(CCNCc2cccc(NC(=O)C(F)(F)F)c2)n1. The Hall–Kier alpha value is -1.93. The zero-order valence-electron chi connectivity index (χ0n) is 12.4. The summed E-state index contributed by atoms with van der Waals surface area (Å²) in [5, 5.41) is 8.07. The number of halogens is 3. The lowest BCUT2D eigenvalue weighted by molar-refractivity contribution is -0.167. The molecular formula is C15H16F3N3OS. The number of nitrogens with zero attached hydrogens (tertiary/aromatic N) is 1. The summed E-state index contributed by atoms with van der Waals surface area (Å²) in [6.07, 6.45) is -4.09. The Morgan fingerprint density at radius 2 is 2.13 bits per heavy atom. The molecule has 0 spiro atoms. The molecule has 0 radical (unpaired) electrons. The van der Waals surface area contributed by atoms with Gasteiger partial charge in [0.05, 0.1) is 5.01 Å². The molecule has 4 nitrogen and oxygen atoms in total. The van der Waals surface area contributed by atoms with Crippen LogP contribution in [0.15, 0.2) is 29.6 Å². The van der Waals surface area contributed by atoms with Crippen molar-refractivity contribution in [3.05, 3.63) is 45.9 Å². The molecule has 2 aromatic rings. The van der Waals surface area contributed by atoms with Gasteiger partial charge in [-0.25, -0.2) is 4.98 Å². The first-order chi connectivity index (χ1) is 10.8. The number of carbonyl (C=O) groups is 1. The third-order valence-electron chi connectivity index (χ3n) is 2.95. The molecule has 2 rings (SSSR count). The van der Waals surface area contributed by atoms with Crippen molar-refractivity contribution >= 4 is 22.9 Å². The van der Waals surface area contributed by atoms with Crippen LogP contribution in [0.5, 0.6) is 0 Å². The molecule has 0 fully saturated rings. The first-order valence-electron chi connectivity index (χ1n) is 6.93. The van der Waals surface area contributed by atoms with Crippen molar-refractivity contribution in [2.24, 2.45) is 0 Å². The van der Waals surface area contributed by atoms with Crippen LogP contribution in [0, 0.1) is 6.92 Å². The largest absolute Gasteiger partial charge is 0.471 e. The Balaban J connectivity index is 1.81. The fraction of sp³-hybridized carbons (Fsp3) is 0.333. The van der Waals surface area contributed by atoms with Crippen molar-refractivity contribution in [1.29, 1.82) is 0 Å². The minimum atomic E-state index is -4.89. The van der Waals surface area contributed by atoms with Crippen molar-refractivity contribution in [3.63, 3.8) is 0 Å². The molecule has 23 heavy (non-hydrogen) atoms. The monoisotopic (exact) mass is 343 g/mol. The summed E-state index contributed by atoms with van der Waals surface area (Å²) < 4.78 is 36.7. The summed E-state index contributed by atoms with van der Waals surface area (Å²) >= 11 is 1.60. The standard InChI is InChI=1S/C15H16F3N3OS/c1-10-9-23-13(20-10)5-6-19-8-11-3-2-4-12(7-11)21-14(22)15(16,17)18/h2-4,7,9,19H,5-6,8H2,1H3,(H,21,22). The fourth-order valence-corrected chi connectivity index (χ4v) is 2.68. The second-order valence-corrected chi connectivity index (χ2v) is 5.90. The zero-order valence-corrected chi connectivity index (χ0v) is 13.2. The average Bonchev–Trinajstić information content (AvgIpc) is 2.89. The van der Waals surface area contributed by atoms with Gasteiger partial charge in [0, 0.05) is 36.3 Å². The molecule has 0 aliphatic heterocycles. The van der Waals surface area contributed by atoms with E-state index in [1.54, 1.807) is 23.5 Å². The third kappa shape index (κ3) is 5.65. The third-order valence-corrected chi connectivity index (χ3v) is 3.98. The number of aryl methyl sites for hydroxylation is 1. The molecule has 1 amide bonds. The summed E-state index contributed by atoms with van der Waals surface area (Å²) in [6.45, 7) is 3.15. The maximum atomic E-state index is 12.2. The second-order valence-electron chi connectivity index (χ2n) is 4.96. The van der Waals surface area contributed by atoms with Gasteiger partial charge in [0.2, 0.25) is 0 Å². The van der Waals surface area contributed by atoms with Crippen LogP contribution in [0.2, 0.25) is 0 Å². The summed E-state index contributed by atoms with van der Waals surface area (Å²) in [5.74, 6) is -1.97. The van der Waals surface area contributed by atoms with Crippen molar-refractivity contribution < 1.29 is 18.0 Å². The van der Waals surface area contributed by atoms with Crippen LogP contribution in [0.4, 0.5) is 18.9 Å². The molecule has 2 N–H and O–H groups in total. The molecule has 124 valence electrons. The van der Waals surface area contributed by atoms with E-state index < -0.39 is 12.1 Å². The first kappa shape index (κ1) is 17.4. The molecule has 0 bridgehead atoms. The van der Waals surface area contributed by atoms with Gasteiger partial charge in [0.1, 0.15) is 0 Å². The first-order valence-corrected chi connectivity index (χ1v) is 7.81. The van der Waals surface area contributed by atoms with Crippen LogP contribution in [0.3, 0.4) is 0 Å². The molecule has 1 aromatic heterocycles. The molecule has 0 saturated carbocycles. The van der Waals surface area contributed by atoms with Gasteiger partial charge in [-0.15, -0.1) is 11.3 Å². The number of hydrogen-bond acceptors (Lipinski definition) is 4. The van der Waals surface area contributed by atoms with Gasteiger partial charge in [0.15, 0.2) is 0 Å². The predicted molar refractivity (Wildman–Crippen MR) is 83.4 cm³/mol. The van der Waals surface area contributed by atoms with Crippen molar-refractivity contribution in [2.75, 3.05) is 11.9 Å². The molecule has 0 atom stereocenters. The van der Waals surface area contributed by atoms with Crippen LogP contribution >= 0.6 is 11.3 Å².